The van der Waals surface area contributed by atoms with Crippen molar-refractivity contribution in [2.75, 3.05) is 26.7 Å². The number of carbonyl (C=O) groups excluding carboxylic acids is 2. The summed E-state index contributed by atoms with van der Waals surface area (Å²) in [4.78, 5) is 30.0. The van der Waals surface area contributed by atoms with E-state index in [-0.39, 0.29) is 35.8 Å². The fourth-order valence-electron chi connectivity index (χ4n) is 2.57. The van der Waals surface area contributed by atoms with Crippen molar-refractivity contribution in [1.29, 1.82) is 0 Å². The van der Waals surface area contributed by atoms with Crippen LogP contribution < -0.4 is 10.6 Å². The van der Waals surface area contributed by atoms with E-state index in [1.165, 1.54) is 4.90 Å². The zero-order valence-electron chi connectivity index (χ0n) is 15.0. The summed E-state index contributed by atoms with van der Waals surface area (Å²) >= 11 is 0. The Morgan fingerprint density at radius 2 is 1.68 bits per heavy atom. The van der Waals surface area contributed by atoms with Crippen LogP contribution in [0.15, 0.2) is 29.3 Å². The predicted octanol–water partition coefficient (Wildman–Crippen LogP) is 2.50. The number of rotatable bonds is 7. The van der Waals surface area contributed by atoms with Crippen molar-refractivity contribution in [3.63, 3.8) is 0 Å². The average molecular weight is 458 g/mol. The van der Waals surface area contributed by atoms with E-state index in [0.717, 1.165) is 31.9 Å². The molecule has 0 radical (unpaired) electrons. The number of benzene rings is 1. The van der Waals surface area contributed by atoms with Crippen LogP contribution in [0.2, 0.25) is 0 Å². The molecule has 0 spiro atoms. The van der Waals surface area contributed by atoms with E-state index < -0.39 is 0 Å². The SMILES string of the molecule is CN=C(NCCCCN1C(=O)c2ccccc2C1=O)NCC(C)C.I. The van der Waals surface area contributed by atoms with Crippen molar-refractivity contribution in [3.05, 3.63) is 35.4 Å². The van der Waals surface area contributed by atoms with Gasteiger partial charge in [-0.05, 0) is 30.9 Å². The van der Waals surface area contributed by atoms with Gasteiger partial charge >= 0.3 is 0 Å². The Morgan fingerprint density at radius 3 is 2.20 bits per heavy atom. The highest BCUT2D eigenvalue weighted by Gasteiger charge is 2.34. The maximum atomic E-state index is 12.2. The van der Waals surface area contributed by atoms with Gasteiger partial charge in [-0.3, -0.25) is 19.5 Å². The molecule has 0 saturated heterocycles. The van der Waals surface area contributed by atoms with E-state index in [1.807, 2.05) is 0 Å². The molecule has 138 valence electrons. The molecule has 7 heteroatoms. The fourth-order valence-corrected chi connectivity index (χ4v) is 2.57. The summed E-state index contributed by atoms with van der Waals surface area (Å²) in [5.74, 6) is 0.970. The monoisotopic (exact) mass is 458 g/mol. The number of carbonyl (C=O) groups is 2. The molecule has 1 aromatic carbocycles. The molecule has 6 nitrogen and oxygen atoms in total. The number of fused-ring (bicyclic) bond motifs is 1. The number of guanidine groups is 1. The van der Waals surface area contributed by atoms with Gasteiger partial charge < -0.3 is 10.6 Å². The highest BCUT2D eigenvalue weighted by atomic mass is 127. The lowest BCUT2D eigenvalue weighted by Gasteiger charge is -2.15. The molecule has 0 fully saturated rings. The minimum Gasteiger partial charge on any atom is -0.356 e. The molecule has 25 heavy (non-hydrogen) atoms. The molecule has 2 N–H and O–H groups in total. The smallest absolute Gasteiger partial charge is 0.261 e. The summed E-state index contributed by atoms with van der Waals surface area (Å²) in [7, 11) is 1.74. The van der Waals surface area contributed by atoms with Crippen LogP contribution in [0.5, 0.6) is 0 Å². The standard InChI is InChI=1S/C18H26N4O2.HI/c1-13(2)12-21-18(19-3)20-10-6-7-11-22-16(23)14-8-4-5-9-15(14)17(22)24;/h4-5,8-9,13H,6-7,10-12H2,1-3H3,(H2,19,20,21);1H. The number of aliphatic imine (C=N–C) groups is 1. The van der Waals surface area contributed by atoms with Gasteiger partial charge in [0.1, 0.15) is 0 Å². The second kappa shape index (κ2) is 10.4. The first-order valence-electron chi connectivity index (χ1n) is 8.44. The first kappa shape index (κ1) is 21.4. The molecule has 0 bridgehead atoms. The first-order valence-corrected chi connectivity index (χ1v) is 8.44. The van der Waals surface area contributed by atoms with E-state index in [9.17, 15) is 9.59 Å². The van der Waals surface area contributed by atoms with Crippen molar-refractivity contribution >= 4 is 41.8 Å². The number of nitrogens with zero attached hydrogens (tertiary/aromatic N) is 2. The van der Waals surface area contributed by atoms with Gasteiger partial charge in [-0.2, -0.15) is 0 Å². The molecule has 1 heterocycles. The third kappa shape index (κ3) is 5.69. The average Bonchev–Trinajstić information content (AvgIpc) is 2.82. The quantitative estimate of drug-likeness (QED) is 0.217. The summed E-state index contributed by atoms with van der Waals surface area (Å²) < 4.78 is 0. The van der Waals surface area contributed by atoms with Gasteiger partial charge in [-0.25, -0.2) is 0 Å². The highest BCUT2D eigenvalue weighted by molar-refractivity contribution is 14.0. The molecule has 1 aromatic rings. The van der Waals surface area contributed by atoms with Crippen LogP contribution in [0.25, 0.3) is 0 Å². The number of imide groups is 1. The predicted molar refractivity (Wildman–Crippen MR) is 111 cm³/mol. The van der Waals surface area contributed by atoms with E-state index in [0.29, 0.717) is 23.6 Å². The Balaban J connectivity index is 0.00000312. The zero-order chi connectivity index (χ0) is 17.5. The number of nitrogens with one attached hydrogen (secondary N) is 2. The molecule has 0 unspecified atom stereocenters. The van der Waals surface area contributed by atoms with Crippen LogP contribution in [-0.4, -0.2) is 49.4 Å². The number of unbranched alkanes of at least 4 members (excludes halogenated alkanes) is 1. The van der Waals surface area contributed by atoms with Gasteiger partial charge in [-0.1, -0.05) is 26.0 Å². The molecule has 1 aliphatic heterocycles. The van der Waals surface area contributed by atoms with Crippen LogP contribution in [0.3, 0.4) is 0 Å². The normalized spacial score (nSPS) is 13.8. The molecule has 1 aliphatic rings. The van der Waals surface area contributed by atoms with E-state index in [4.69, 9.17) is 0 Å². The molecule has 0 atom stereocenters. The number of halogens is 1. The molecule has 2 amide bonds. The minimum atomic E-state index is -0.182. The fraction of sp³-hybridized carbons (Fsp3) is 0.500. The summed E-state index contributed by atoms with van der Waals surface area (Å²) in [6.45, 7) is 6.35. The lowest BCUT2D eigenvalue weighted by Crippen LogP contribution is -2.39. The van der Waals surface area contributed by atoms with Gasteiger partial charge in [0.15, 0.2) is 5.96 Å². The van der Waals surface area contributed by atoms with Crippen molar-refractivity contribution in [2.24, 2.45) is 10.9 Å². The van der Waals surface area contributed by atoms with Gasteiger partial charge in [0, 0.05) is 26.7 Å². The zero-order valence-corrected chi connectivity index (χ0v) is 17.4. The molecule has 2 rings (SSSR count). The van der Waals surface area contributed by atoms with Crippen molar-refractivity contribution in [2.45, 2.75) is 26.7 Å². The van der Waals surface area contributed by atoms with E-state index in [2.05, 4.69) is 29.5 Å². The Morgan fingerprint density at radius 1 is 1.08 bits per heavy atom. The van der Waals surface area contributed by atoms with Crippen LogP contribution in [0.4, 0.5) is 0 Å². The van der Waals surface area contributed by atoms with Crippen LogP contribution in [0.1, 0.15) is 47.4 Å². The lowest BCUT2D eigenvalue weighted by atomic mass is 10.1. The van der Waals surface area contributed by atoms with Gasteiger partial charge in [0.05, 0.1) is 11.1 Å². The van der Waals surface area contributed by atoms with Gasteiger partial charge in [0.2, 0.25) is 0 Å². The van der Waals surface area contributed by atoms with Crippen LogP contribution >= 0.6 is 24.0 Å². The highest BCUT2D eigenvalue weighted by Crippen LogP contribution is 2.22. The van der Waals surface area contributed by atoms with E-state index in [1.54, 1.807) is 31.3 Å². The first-order chi connectivity index (χ1) is 11.5. The number of hydrogen-bond donors (Lipinski definition) is 2. The lowest BCUT2D eigenvalue weighted by molar-refractivity contribution is 0.0652. The summed E-state index contributed by atoms with van der Waals surface area (Å²) in [5, 5.41) is 6.49. The largest absolute Gasteiger partial charge is 0.356 e. The van der Waals surface area contributed by atoms with Crippen molar-refractivity contribution in [3.8, 4) is 0 Å². The minimum absolute atomic E-state index is 0. The summed E-state index contributed by atoms with van der Waals surface area (Å²) in [6, 6.07) is 6.99. The van der Waals surface area contributed by atoms with Crippen molar-refractivity contribution in [1.82, 2.24) is 15.5 Å². The Bertz CT molecular complexity index is 596. The Kier molecular flexibility index (Phi) is 8.88. The Hall–Kier alpha value is -1.64. The Labute approximate surface area is 166 Å². The molecule has 0 saturated carbocycles. The molecular formula is C18H27IN4O2. The number of hydrogen-bond acceptors (Lipinski definition) is 3. The third-order valence-corrected chi connectivity index (χ3v) is 3.88. The summed E-state index contributed by atoms with van der Waals surface area (Å²) in [6.07, 6.45) is 1.62. The summed E-state index contributed by atoms with van der Waals surface area (Å²) in [5.41, 5.74) is 1.03. The van der Waals surface area contributed by atoms with Crippen LogP contribution in [0, 0.1) is 5.92 Å². The maximum Gasteiger partial charge on any atom is 0.261 e. The van der Waals surface area contributed by atoms with Crippen LogP contribution in [-0.2, 0) is 0 Å². The van der Waals surface area contributed by atoms with Gasteiger partial charge in [0.25, 0.3) is 11.8 Å². The number of amides is 2. The molecule has 0 aliphatic carbocycles. The van der Waals surface area contributed by atoms with Crippen molar-refractivity contribution < 1.29 is 9.59 Å². The maximum absolute atomic E-state index is 12.2. The second-order valence-electron chi connectivity index (χ2n) is 6.29. The second-order valence-corrected chi connectivity index (χ2v) is 6.29. The topological polar surface area (TPSA) is 73.8 Å². The van der Waals surface area contributed by atoms with Gasteiger partial charge in [-0.15, -0.1) is 24.0 Å². The third-order valence-electron chi connectivity index (χ3n) is 3.88. The molecular weight excluding hydrogens is 431 g/mol. The van der Waals surface area contributed by atoms with E-state index >= 15 is 0 Å². The molecule has 0 aromatic heterocycles.